The largest absolute Gasteiger partial charge is 0.365 e. The second-order valence-electron chi connectivity index (χ2n) is 7.25. The number of fused-ring (bicyclic) bond motifs is 1. The van der Waals surface area contributed by atoms with Crippen molar-refractivity contribution >= 4 is 16.7 Å². The average molecular weight is 420 g/mol. The number of rotatable bonds is 8. The molecule has 1 unspecified atom stereocenters. The van der Waals surface area contributed by atoms with Crippen molar-refractivity contribution in [3.8, 4) is 0 Å². The van der Waals surface area contributed by atoms with Gasteiger partial charge < -0.3 is 5.32 Å². The molecule has 0 fully saturated rings. The molecular weight excluding hydrogens is 396 g/mol. The minimum absolute atomic E-state index is 0.0568. The smallest absolute Gasteiger partial charge is 0.266 e. The summed E-state index contributed by atoms with van der Waals surface area (Å²) in [5.74, 6) is -0.586. The van der Waals surface area contributed by atoms with Crippen LogP contribution < -0.4 is 5.32 Å². The fraction of sp³-hybridized carbons (Fsp3) is 0.409. The van der Waals surface area contributed by atoms with E-state index >= 15 is 4.39 Å². The minimum Gasteiger partial charge on any atom is -0.365 e. The van der Waals surface area contributed by atoms with Crippen molar-refractivity contribution in [3.63, 3.8) is 0 Å². The number of benzene rings is 1. The maximum Gasteiger partial charge on any atom is 0.266 e. The van der Waals surface area contributed by atoms with E-state index in [1.807, 2.05) is 6.92 Å². The number of pyridine rings is 1. The van der Waals surface area contributed by atoms with Gasteiger partial charge in [0.15, 0.2) is 5.67 Å². The lowest BCUT2D eigenvalue weighted by Gasteiger charge is -2.24. The minimum atomic E-state index is -2.90. The quantitative estimate of drug-likeness (QED) is 0.429. The van der Waals surface area contributed by atoms with Gasteiger partial charge in [-0.05, 0) is 25.8 Å². The highest BCUT2D eigenvalue weighted by Crippen LogP contribution is 2.36. The zero-order chi connectivity index (χ0) is 21.9. The van der Waals surface area contributed by atoms with Crippen molar-refractivity contribution < 1.29 is 17.6 Å². The predicted molar refractivity (Wildman–Crippen MR) is 109 cm³/mol. The molecular formula is C22H24F4N4. The van der Waals surface area contributed by atoms with Gasteiger partial charge in [-0.3, -0.25) is 4.98 Å². The van der Waals surface area contributed by atoms with Crippen LogP contribution in [0.15, 0.2) is 30.6 Å². The normalized spacial score (nSPS) is 13.6. The number of aromatic nitrogens is 3. The molecule has 160 valence electrons. The number of anilines is 1. The van der Waals surface area contributed by atoms with Gasteiger partial charge in [0.1, 0.15) is 18.0 Å². The summed E-state index contributed by atoms with van der Waals surface area (Å²) in [6.45, 7) is 5.38. The Labute approximate surface area is 172 Å². The van der Waals surface area contributed by atoms with E-state index in [1.165, 1.54) is 18.5 Å². The van der Waals surface area contributed by atoms with E-state index in [0.29, 0.717) is 41.0 Å². The number of hydrogen-bond donors (Lipinski definition) is 1. The predicted octanol–water partition coefficient (Wildman–Crippen LogP) is 6.40. The van der Waals surface area contributed by atoms with Crippen LogP contribution in [-0.4, -0.2) is 15.0 Å². The highest BCUT2D eigenvalue weighted by Gasteiger charge is 2.31. The van der Waals surface area contributed by atoms with Crippen LogP contribution in [0.2, 0.25) is 0 Å². The van der Waals surface area contributed by atoms with Gasteiger partial charge in [-0.25, -0.2) is 27.5 Å². The van der Waals surface area contributed by atoms with Crippen molar-refractivity contribution in [2.75, 3.05) is 5.32 Å². The summed E-state index contributed by atoms with van der Waals surface area (Å²) in [4.78, 5) is 12.9. The van der Waals surface area contributed by atoms with Gasteiger partial charge in [0.25, 0.3) is 6.43 Å². The van der Waals surface area contributed by atoms with E-state index in [4.69, 9.17) is 0 Å². The number of nitrogens with zero attached hydrogens (tertiary/aromatic N) is 3. The molecule has 0 bridgehead atoms. The topological polar surface area (TPSA) is 50.7 Å². The van der Waals surface area contributed by atoms with Crippen LogP contribution in [0.1, 0.15) is 62.1 Å². The molecule has 2 aromatic heterocycles. The van der Waals surface area contributed by atoms with Crippen molar-refractivity contribution in [3.05, 3.63) is 58.9 Å². The third-order valence-corrected chi connectivity index (χ3v) is 5.25. The molecule has 0 radical (unpaired) electrons. The van der Waals surface area contributed by atoms with Gasteiger partial charge in [0.05, 0.1) is 22.5 Å². The second-order valence-corrected chi connectivity index (χ2v) is 7.25. The third-order valence-electron chi connectivity index (χ3n) is 5.25. The first-order chi connectivity index (χ1) is 14.3. The molecule has 0 amide bonds. The van der Waals surface area contributed by atoms with E-state index < -0.39 is 23.5 Å². The SMILES string of the molecule is CCCC(F)(CC)c1cc2c(NCc3cccc(C(F)F)c3F)ncnc2c(C)n1. The van der Waals surface area contributed by atoms with Gasteiger partial charge in [-0.1, -0.05) is 38.5 Å². The molecule has 1 aromatic carbocycles. The molecule has 4 nitrogen and oxygen atoms in total. The van der Waals surface area contributed by atoms with Crippen LogP contribution in [0.3, 0.4) is 0 Å². The Morgan fingerprint density at radius 2 is 1.93 bits per heavy atom. The van der Waals surface area contributed by atoms with Crippen LogP contribution in [0.25, 0.3) is 10.9 Å². The molecule has 0 saturated carbocycles. The molecule has 2 heterocycles. The first-order valence-corrected chi connectivity index (χ1v) is 9.91. The Morgan fingerprint density at radius 1 is 1.17 bits per heavy atom. The van der Waals surface area contributed by atoms with Gasteiger partial charge in [-0.15, -0.1) is 0 Å². The summed E-state index contributed by atoms with van der Waals surface area (Å²) in [7, 11) is 0. The van der Waals surface area contributed by atoms with Crippen LogP contribution >= 0.6 is 0 Å². The fourth-order valence-electron chi connectivity index (χ4n) is 3.56. The molecule has 0 spiro atoms. The zero-order valence-corrected chi connectivity index (χ0v) is 17.1. The van der Waals surface area contributed by atoms with Crippen molar-refractivity contribution in [1.82, 2.24) is 15.0 Å². The lowest BCUT2D eigenvalue weighted by molar-refractivity contribution is 0.137. The molecule has 0 saturated heterocycles. The molecule has 8 heteroatoms. The molecule has 1 N–H and O–H groups in total. The standard InChI is InChI=1S/C22H24F4N4/c1-4-9-22(26,5-2)17-10-16-19(13(3)30-17)28-12-29-21(16)27-11-14-7-6-8-15(18(14)23)20(24)25/h6-8,10,12,20H,4-5,9,11H2,1-3H3,(H,27,28,29). The summed E-state index contributed by atoms with van der Waals surface area (Å²) in [6.07, 6.45) is -0.283. The van der Waals surface area contributed by atoms with Crippen molar-refractivity contribution in [2.45, 2.75) is 58.7 Å². The van der Waals surface area contributed by atoms with E-state index in [9.17, 15) is 13.2 Å². The second kappa shape index (κ2) is 8.93. The Hall–Kier alpha value is -2.77. The van der Waals surface area contributed by atoms with E-state index in [2.05, 4.69) is 20.3 Å². The van der Waals surface area contributed by atoms with Crippen LogP contribution in [-0.2, 0) is 12.2 Å². The van der Waals surface area contributed by atoms with Gasteiger partial charge in [0, 0.05) is 17.5 Å². The molecule has 1 atom stereocenters. The third kappa shape index (κ3) is 4.22. The number of halogens is 4. The first-order valence-electron chi connectivity index (χ1n) is 9.91. The first kappa shape index (κ1) is 21.9. The van der Waals surface area contributed by atoms with Gasteiger partial charge in [-0.2, -0.15) is 0 Å². The highest BCUT2D eigenvalue weighted by molar-refractivity contribution is 5.90. The zero-order valence-electron chi connectivity index (χ0n) is 17.1. The summed E-state index contributed by atoms with van der Waals surface area (Å²) in [5.41, 5.74) is -0.712. The Balaban J connectivity index is 2.00. The molecule has 0 aliphatic carbocycles. The fourth-order valence-corrected chi connectivity index (χ4v) is 3.56. The number of hydrogen-bond acceptors (Lipinski definition) is 4. The summed E-state index contributed by atoms with van der Waals surface area (Å²) in [6, 6.07) is 5.50. The summed E-state index contributed by atoms with van der Waals surface area (Å²) < 4.78 is 55.7. The van der Waals surface area contributed by atoms with Crippen molar-refractivity contribution in [1.29, 1.82) is 0 Å². The lowest BCUT2D eigenvalue weighted by Crippen LogP contribution is -2.21. The molecule has 3 aromatic rings. The van der Waals surface area contributed by atoms with E-state index in [0.717, 1.165) is 6.07 Å². The molecule has 0 aliphatic heterocycles. The lowest BCUT2D eigenvalue weighted by atomic mass is 9.92. The molecule has 30 heavy (non-hydrogen) atoms. The maximum atomic E-state index is 15.5. The Kier molecular flexibility index (Phi) is 6.53. The van der Waals surface area contributed by atoms with Crippen LogP contribution in [0, 0.1) is 12.7 Å². The highest BCUT2D eigenvalue weighted by atomic mass is 19.3. The summed E-state index contributed by atoms with van der Waals surface area (Å²) in [5, 5.41) is 3.53. The summed E-state index contributed by atoms with van der Waals surface area (Å²) >= 11 is 0. The molecule has 0 aliphatic rings. The Bertz CT molecular complexity index is 1040. The van der Waals surface area contributed by atoms with Gasteiger partial charge in [0.2, 0.25) is 0 Å². The van der Waals surface area contributed by atoms with Crippen molar-refractivity contribution in [2.24, 2.45) is 0 Å². The van der Waals surface area contributed by atoms with Crippen LogP contribution in [0.4, 0.5) is 23.4 Å². The average Bonchev–Trinajstić information content (AvgIpc) is 2.73. The maximum absolute atomic E-state index is 15.5. The Morgan fingerprint density at radius 3 is 2.60 bits per heavy atom. The number of alkyl halides is 3. The van der Waals surface area contributed by atoms with E-state index in [-0.39, 0.29) is 18.5 Å². The number of nitrogens with one attached hydrogen (secondary N) is 1. The monoisotopic (exact) mass is 420 g/mol. The van der Waals surface area contributed by atoms with E-state index in [1.54, 1.807) is 19.9 Å². The van der Waals surface area contributed by atoms with Crippen LogP contribution in [0.5, 0.6) is 0 Å². The van der Waals surface area contributed by atoms with Gasteiger partial charge >= 0.3 is 0 Å². The number of aryl methyl sites for hydroxylation is 1. The molecule has 3 rings (SSSR count).